The van der Waals surface area contributed by atoms with Gasteiger partial charge in [0.2, 0.25) is 0 Å². The third-order valence-corrected chi connectivity index (χ3v) is 9.19. The van der Waals surface area contributed by atoms with Crippen LogP contribution in [0.3, 0.4) is 0 Å². The number of fused-ring (bicyclic) bond motifs is 1. The molecule has 1 atom stereocenters. The van der Waals surface area contributed by atoms with Crippen molar-refractivity contribution in [3.63, 3.8) is 0 Å². The topological polar surface area (TPSA) is 101 Å². The number of nitrogen functional groups attached to an aromatic ring is 1. The zero-order valence-electron chi connectivity index (χ0n) is 19.6. The Morgan fingerprint density at radius 3 is 2.62 bits per heavy atom. The van der Waals surface area contributed by atoms with Crippen LogP contribution in [0.4, 0.5) is 11.6 Å². The Labute approximate surface area is 206 Å². The lowest BCUT2D eigenvalue weighted by Crippen LogP contribution is -2.39. The standard InChI is InChI=1S/C23H31N7O2S2/c1-28(2)34(31)18-5-7-29(8-6-18)15-17-13-19-21(33-17)23(30-9-11-32-12-10-30)27-22(26-19)16-3-4-20(24)25-14-16/h3-4,13-14,18H,5-12,15H2,1-2H3,(H2,24,25). The van der Waals surface area contributed by atoms with Gasteiger partial charge in [-0.3, -0.25) is 4.90 Å². The van der Waals surface area contributed by atoms with Gasteiger partial charge in [0.25, 0.3) is 0 Å². The molecule has 2 N–H and O–H groups in total. The fourth-order valence-electron chi connectivity index (χ4n) is 4.49. The summed E-state index contributed by atoms with van der Waals surface area (Å²) in [5.74, 6) is 2.11. The maximum absolute atomic E-state index is 12.4. The molecule has 0 bridgehead atoms. The van der Waals surface area contributed by atoms with E-state index in [4.69, 9.17) is 20.4 Å². The van der Waals surface area contributed by atoms with E-state index in [9.17, 15) is 4.21 Å². The molecule has 5 rings (SSSR count). The van der Waals surface area contributed by atoms with Crippen LogP contribution in [-0.2, 0) is 22.3 Å². The minimum absolute atomic E-state index is 0.253. The molecule has 34 heavy (non-hydrogen) atoms. The van der Waals surface area contributed by atoms with Crippen LogP contribution in [0.5, 0.6) is 0 Å². The van der Waals surface area contributed by atoms with Crippen LogP contribution in [-0.4, -0.2) is 87.1 Å². The molecule has 11 heteroatoms. The molecule has 2 saturated heterocycles. The number of rotatable bonds is 6. The number of nitrogens with two attached hydrogens (primary N) is 1. The van der Waals surface area contributed by atoms with Gasteiger partial charge in [0.05, 0.1) is 39.7 Å². The van der Waals surface area contributed by atoms with Crippen LogP contribution in [0.1, 0.15) is 17.7 Å². The minimum atomic E-state index is -0.898. The number of nitrogens with zero attached hydrogens (tertiary/aromatic N) is 6. The molecule has 5 heterocycles. The van der Waals surface area contributed by atoms with Crippen molar-refractivity contribution < 1.29 is 8.95 Å². The van der Waals surface area contributed by atoms with Gasteiger partial charge >= 0.3 is 0 Å². The van der Waals surface area contributed by atoms with E-state index in [2.05, 4.69) is 20.9 Å². The summed E-state index contributed by atoms with van der Waals surface area (Å²) < 4.78 is 20.9. The highest BCUT2D eigenvalue weighted by Gasteiger charge is 2.26. The molecular formula is C23H31N7O2S2. The molecule has 0 radical (unpaired) electrons. The number of pyridine rings is 1. The summed E-state index contributed by atoms with van der Waals surface area (Å²) in [6, 6.07) is 5.90. The van der Waals surface area contributed by atoms with Gasteiger partial charge in [-0.2, -0.15) is 0 Å². The zero-order valence-corrected chi connectivity index (χ0v) is 21.3. The number of likely N-dealkylation sites (tertiary alicyclic amines) is 1. The van der Waals surface area contributed by atoms with Crippen molar-refractivity contribution in [3.05, 3.63) is 29.3 Å². The highest BCUT2D eigenvalue weighted by Crippen LogP contribution is 2.35. The average molecular weight is 502 g/mol. The fraction of sp³-hybridized carbons (Fsp3) is 0.522. The Hall–Kier alpha value is -2.18. The molecular weight excluding hydrogens is 470 g/mol. The number of hydrogen-bond donors (Lipinski definition) is 1. The average Bonchev–Trinajstić information content (AvgIpc) is 3.26. The van der Waals surface area contributed by atoms with Gasteiger partial charge < -0.3 is 15.4 Å². The van der Waals surface area contributed by atoms with E-state index in [0.29, 0.717) is 24.9 Å². The van der Waals surface area contributed by atoms with Gasteiger partial charge in [0, 0.05) is 36.3 Å². The van der Waals surface area contributed by atoms with Gasteiger partial charge in [-0.1, -0.05) is 0 Å². The second kappa shape index (κ2) is 10.2. The number of ether oxygens (including phenoxy) is 1. The molecule has 2 aliphatic rings. The van der Waals surface area contributed by atoms with Crippen LogP contribution in [0.2, 0.25) is 0 Å². The first-order valence-electron chi connectivity index (χ1n) is 11.6. The van der Waals surface area contributed by atoms with Crippen LogP contribution in [0.15, 0.2) is 24.4 Å². The lowest BCUT2D eigenvalue weighted by Gasteiger charge is -2.32. The smallest absolute Gasteiger partial charge is 0.163 e. The Morgan fingerprint density at radius 2 is 1.94 bits per heavy atom. The number of aromatic nitrogens is 3. The van der Waals surface area contributed by atoms with Crippen molar-refractivity contribution in [3.8, 4) is 11.4 Å². The molecule has 182 valence electrons. The van der Waals surface area contributed by atoms with E-state index in [1.54, 1.807) is 23.6 Å². The summed E-state index contributed by atoms with van der Waals surface area (Å²) in [6.45, 7) is 5.83. The van der Waals surface area contributed by atoms with Gasteiger partial charge in [-0.05, 0) is 58.2 Å². The highest BCUT2D eigenvalue weighted by molar-refractivity contribution is 7.83. The number of thiophene rings is 1. The molecule has 2 fully saturated rings. The largest absolute Gasteiger partial charge is 0.384 e. The molecule has 0 spiro atoms. The van der Waals surface area contributed by atoms with Crippen molar-refractivity contribution in [2.75, 3.05) is 64.1 Å². The summed E-state index contributed by atoms with van der Waals surface area (Å²) in [7, 11) is 2.88. The van der Waals surface area contributed by atoms with Crippen LogP contribution in [0, 0.1) is 0 Å². The van der Waals surface area contributed by atoms with Crippen molar-refractivity contribution in [2.24, 2.45) is 0 Å². The van der Waals surface area contributed by atoms with E-state index in [-0.39, 0.29) is 5.25 Å². The molecule has 2 aliphatic heterocycles. The van der Waals surface area contributed by atoms with E-state index in [0.717, 1.165) is 67.2 Å². The monoisotopic (exact) mass is 501 g/mol. The molecule has 0 amide bonds. The van der Waals surface area contributed by atoms with Crippen LogP contribution < -0.4 is 10.6 Å². The minimum Gasteiger partial charge on any atom is -0.384 e. The molecule has 0 aromatic carbocycles. The Kier molecular flexibility index (Phi) is 7.07. The molecule has 3 aromatic heterocycles. The van der Waals surface area contributed by atoms with E-state index >= 15 is 0 Å². The Bertz CT molecular complexity index is 1150. The van der Waals surface area contributed by atoms with Gasteiger partial charge in [-0.15, -0.1) is 11.3 Å². The first kappa shape index (κ1) is 23.6. The van der Waals surface area contributed by atoms with E-state index < -0.39 is 11.0 Å². The van der Waals surface area contributed by atoms with Crippen molar-refractivity contribution in [2.45, 2.75) is 24.6 Å². The van der Waals surface area contributed by atoms with E-state index in [1.807, 2.05) is 24.5 Å². The fourth-order valence-corrected chi connectivity index (χ4v) is 6.85. The molecule has 3 aromatic rings. The molecule has 1 unspecified atom stereocenters. The predicted octanol–water partition coefficient (Wildman–Crippen LogP) is 2.36. The maximum Gasteiger partial charge on any atom is 0.163 e. The maximum atomic E-state index is 12.4. The van der Waals surface area contributed by atoms with Gasteiger partial charge in [0.15, 0.2) is 11.6 Å². The highest BCUT2D eigenvalue weighted by atomic mass is 32.2. The summed E-state index contributed by atoms with van der Waals surface area (Å²) in [5, 5.41) is 0.253. The van der Waals surface area contributed by atoms with E-state index in [1.165, 1.54) is 4.88 Å². The SMILES string of the molecule is CN(C)S(=O)C1CCN(Cc2cc3nc(-c4ccc(N)nc4)nc(N4CCOCC4)c3s2)CC1. The third kappa shape index (κ3) is 5.08. The number of morpholine rings is 1. The molecule has 0 saturated carbocycles. The third-order valence-electron chi connectivity index (χ3n) is 6.32. The number of piperidine rings is 1. The second-order valence-corrected chi connectivity index (χ2v) is 12.0. The Balaban J connectivity index is 1.41. The van der Waals surface area contributed by atoms with Crippen molar-refractivity contribution in [1.82, 2.24) is 24.2 Å². The van der Waals surface area contributed by atoms with Crippen molar-refractivity contribution in [1.29, 1.82) is 0 Å². The molecule has 9 nitrogen and oxygen atoms in total. The first-order valence-corrected chi connectivity index (χ1v) is 13.6. The molecule has 0 aliphatic carbocycles. The first-order chi connectivity index (χ1) is 16.5. The number of anilines is 2. The quantitative estimate of drug-likeness (QED) is 0.549. The van der Waals surface area contributed by atoms with Gasteiger partial charge in [-0.25, -0.2) is 23.5 Å². The summed E-state index contributed by atoms with van der Waals surface area (Å²) in [5.41, 5.74) is 7.60. The summed E-state index contributed by atoms with van der Waals surface area (Å²) >= 11 is 1.78. The van der Waals surface area contributed by atoms with Crippen LogP contribution >= 0.6 is 11.3 Å². The second-order valence-electron chi connectivity index (χ2n) is 8.93. The number of hydrogen-bond acceptors (Lipinski definition) is 9. The Morgan fingerprint density at radius 1 is 1.18 bits per heavy atom. The lowest BCUT2D eigenvalue weighted by atomic mass is 10.1. The predicted molar refractivity (Wildman–Crippen MR) is 138 cm³/mol. The zero-order chi connectivity index (χ0) is 23.7. The van der Waals surface area contributed by atoms with Gasteiger partial charge in [0.1, 0.15) is 5.82 Å². The summed E-state index contributed by atoms with van der Waals surface area (Å²) in [4.78, 5) is 20.1. The lowest BCUT2D eigenvalue weighted by molar-refractivity contribution is 0.122. The normalized spacial score (nSPS) is 19.2. The van der Waals surface area contributed by atoms with Crippen molar-refractivity contribution >= 4 is 44.2 Å². The summed E-state index contributed by atoms with van der Waals surface area (Å²) in [6.07, 6.45) is 3.65. The van der Waals surface area contributed by atoms with Crippen LogP contribution in [0.25, 0.3) is 21.6 Å².